The Morgan fingerprint density at radius 2 is 2.17 bits per heavy atom. The van der Waals surface area contributed by atoms with Crippen LogP contribution in [0.2, 0.25) is 0 Å². The molecule has 0 fully saturated rings. The zero-order valence-electron chi connectivity index (χ0n) is 10.7. The Morgan fingerprint density at radius 3 is 2.94 bits per heavy atom. The smallest absolute Gasteiger partial charge is 0.123 e. The summed E-state index contributed by atoms with van der Waals surface area (Å²) < 4.78 is 11.0. The van der Waals surface area contributed by atoms with E-state index in [0.717, 1.165) is 41.9 Å². The lowest BCUT2D eigenvalue weighted by Gasteiger charge is -2.20. The Balaban J connectivity index is 2.12. The molecule has 18 heavy (non-hydrogen) atoms. The van der Waals surface area contributed by atoms with E-state index < -0.39 is 0 Å². The lowest BCUT2D eigenvalue weighted by molar-refractivity contribution is 0.110. The van der Waals surface area contributed by atoms with Gasteiger partial charge in [-0.15, -0.1) is 0 Å². The Hall–Kier alpha value is -1.55. The summed E-state index contributed by atoms with van der Waals surface area (Å²) in [5, 5.41) is 12.4. The molecule has 0 unspecified atom stereocenters. The average molecular weight is 249 g/mol. The maximum Gasteiger partial charge on any atom is 0.123 e. The molecule has 0 saturated heterocycles. The highest BCUT2D eigenvalue weighted by molar-refractivity contribution is 6.02. The van der Waals surface area contributed by atoms with Crippen molar-refractivity contribution in [2.24, 2.45) is 5.16 Å². The van der Waals surface area contributed by atoms with Crippen molar-refractivity contribution in [1.82, 2.24) is 0 Å². The van der Waals surface area contributed by atoms with Gasteiger partial charge in [-0.05, 0) is 32.3 Å². The van der Waals surface area contributed by atoms with Crippen molar-refractivity contribution in [2.45, 2.75) is 26.2 Å². The number of oxime groups is 1. The number of rotatable bonds is 5. The van der Waals surface area contributed by atoms with Crippen LogP contribution in [0.3, 0.4) is 0 Å². The van der Waals surface area contributed by atoms with Crippen LogP contribution in [0.5, 0.6) is 5.75 Å². The van der Waals surface area contributed by atoms with Gasteiger partial charge in [0.25, 0.3) is 0 Å². The zero-order valence-corrected chi connectivity index (χ0v) is 10.7. The van der Waals surface area contributed by atoms with Gasteiger partial charge in [0.05, 0.1) is 12.3 Å². The Kier molecular flexibility index (Phi) is 4.59. The van der Waals surface area contributed by atoms with Gasteiger partial charge in [-0.25, -0.2) is 0 Å². The first-order valence-electron chi connectivity index (χ1n) is 6.40. The van der Waals surface area contributed by atoms with Crippen molar-refractivity contribution in [2.75, 3.05) is 19.8 Å². The van der Waals surface area contributed by atoms with Crippen LogP contribution < -0.4 is 4.74 Å². The first-order chi connectivity index (χ1) is 8.86. The zero-order chi connectivity index (χ0) is 12.8. The third kappa shape index (κ3) is 2.82. The van der Waals surface area contributed by atoms with Gasteiger partial charge in [0.15, 0.2) is 0 Å². The standard InChI is InChI=1S/C14H19NO3/c1-2-17-9-10-18-14-8-4-5-11-12(14)6-3-7-13(11)15-16/h4-5,8,16H,2-3,6-7,9-10H2,1H3. The van der Waals surface area contributed by atoms with Crippen molar-refractivity contribution in [3.8, 4) is 5.75 Å². The van der Waals surface area contributed by atoms with Crippen LogP contribution in [0.15, 0.2) is 23.4 Å². The van der Waals surface area contributed by atoms with Crippen LogP contribution in [0.4, 0.5) is 0 Å². The first-order valence-corrected chi connectivity index (χ1v) is 6.40. The Bertz CT molecular complexity index is 429. The largest absolute Gasteiger partial charge is 0.491 e. The van der Waals surface area contributed by atoms with E-state index >= 15 is 0 Å². The minimum Gasteiger partial charge on any atom is -0.491 e. The van der Waals surface area contributed by atoms with Gasteiger partial charge >= 0.3 is 0 Å². The molecule has 4 heteroatoms. The minimum absolute atomic E-state index is 0.551. The number of nitrogens with zero attached hydrogens (tertiary/aromatic N) is 1. The minimum atomic E-state index is 0.551. The molecule has 0 radical (unpaired) electrons. The molecule has 0 heterocycles. The maximum absolute atomic E-state index is 9.00. The summed E-state index contributed by atoms with van der Waals surface area (Å²) >= 11 is 0. The maximum atomic E-state index is 9.00. The molecule has 0 amide bonds. The van der Waals surface area contributed by atoms with Crippen LogP contribution in [0, 0.1) is 0 Å². The van der Waals surface area contributed by atoms with Crippen molar-refractivity contribution in [3.63, 3.8) is 0 Å². The van der Waals surface area contributed by atoms with E-state index in [1.54, 1.807) is 0 Å². The summed E-state index contributed by atoms with van der Waals surface area (Å²) in [5.41, 5.74) is 2.91. The molecule has 1 aliphatic rings. The fourth-order valence-corrected chi connectivity index (χ4v) is 2.26. The lowest BCUT2D eigenvalue weighted by Crippen LogP contribution is -2.14. The molecule has 0 bridgehead atoms. The summed E-state index contributed by atoms with van der Waals surface area (Å²) in [6.45, 7) is 3.82. The van der Waals surface area contributed by atoms with Gasteiger partial charge < -0.3 is 14.7 Å². The molecule has 4 nitrogen and oxygen atoms in total. The molecule has 98 valence electrons. The van der Waals surface area contributed by atoms with E-state index in [0.29, 0.717) is 19.8 Å². The lowest BCUT2D eigenvalue weighted by atomic mass is 9.89. The molecule has 1 N–H and O–H groups in total. The van der Waals surface area contributed by atoms with E-state index in [2.05, 4.69) is 5.16 Å². The van der Waals surface area contributed by atoms with Crippen molar-refractivity contribution < 1.29 is 14.7 Å². The second-order valence-electron chi connectivity index (χ2n) is 4.23. The van der Waals surface area contributed by atoms with Crippen molar-refractivity contribution in [3.05, 3.63) is 29.3 Å². The monoisotopic (exact) mass is 249 g/mol. The van der Waals surface area contributed by atoms with E-state index in [1.807, 2.05) is 25.1 Å². The number of ether oxygens (including phenoxy) is 2. The van der Waals surface area contributed by atoms with E-state index in [4.69, 9.17) is 14.7 Å². The van der Waals surface area contributed by atoms with Crippen LogP contribution in [0.25, 0.3) is 0 Å². The number of fused-ring (bicyclic) bond motifs is 1. The fraction of sp³-hybridized carbons (Fsp3) is 0.500. The molecule has 0 aromatic heterocycles. The van der Waals surface area contributed by atoms with Gasteiger partial charge in [0, 0.05) is 17.7 Å². The van der Waals surface area contributed by atoms with E-state index in [-0.39, 0.29) is 0 Å². The van der Waals surface area contributed by atoms with Gasteiger partial charge in [-0.2, -0.15) is 0 Å². The van der Waals surface area contributed by atoms with Gasteiger partial charge in [0.2, 0.25) is 0 Å². The van der Waals surface area contributed by atoms with E-state index in [1.165, 1.54) is 0 Å². The predicted octanol–water partition coefficient (Wildman–Crippen LogP) is 2.62. The molecule has 2 rings (SSSR count). The quantitative estimate of drug-likeness (QED) is 0.496. The van der Waals surface area contributed by atoms with Gasteiger partial charge in [-0.3, -0.25) is 0 Å². The third-order valence-electron chi connectivity index (χ3n) is 3.09. The summed E-state index contributed by atoms with van der Waals surface area (Å²) in [7, 11) is 0. The summed E-state index contributed by atoms with van der Waals surface area (Å²) in [6, 6.07) is 5.88. The molecule has 0 saturated carbocycles. The normalized spacial score (nSPS) is 16.6. The topological polar surface area (TPSA) is 51.0 Å². The SMILES string of the molecule is CCOCCOc1cccc2c1CCCC2=NO. The summed E-state index contributed by atoms with van der Waals surface area (Å²) in [5.74, 6) is 0.882. The summed E-state index contributed by atoms with van der Waals surface area (Å²) in [6.07, 6.45) is 2.79. The van der Waals surface area contributed by atoms with Gasteiger partial charge in [-0.1, -0.05) is 17.3 Å². The molecule has 1 aromatic carbocycles. The van der Waals surface area contributed by atoms with Gasteiger partial charge in [0.1, 0.15) is 12.4 Å². The van der Waals surface area contributed by atoms with Crippen molar-refractivity contribution in [1.29, 1.82) is 0 Å². The molecule has 0 spiro atoms. The first kappa shape index (κ1) is 12.9. The van der Waals surface area contributed by atoms with Crippen LogP contribution in [0.1, 0.15) is 30.9 Å². The highest BCUT2D eigenvalue weighted by atomic mass is 16.5. The molecule has 1 aromatic rings. The average Bonchev–Trinajstić information content (AvgIpc) is 2.43. The van der Waals surface area contributed by atoms with Crippen LogP contribution >= 0.6 is 0 Å². The predicted molar refractivity (Wildman–Crippen MR) is 69.7 cm³/mol. The van der Waals surface area contributed by atoms with Crippen molar-refractivity contribution >= 4 is 5.71 Å². The number of benzene rings is 1. The highest BCUT2D eigenvalue weighted by Crippen LogP contribution is 2.29. The second-order valence-corrected chi connectivity index (χ2v) is 4.23. The third-order valence-corrected chi connectivity index (χ3v) is 3.09. The molecular formula is C14H19NO3. The van der Waals surface area contributed by atoms with E-state index in [9.17, 15) is 0 Å². The fourth-order valence-electron chi connectivity index (χ4n) is 2.26. The number of hydrogen-bond acceptors (Lipinski definition) is 4. The summed E-state index contributed by atoms with van der Waals surface area (Å²) in [4.78, 5) is 0. The van der Waals surface area contributed by atoms with Crippen LogP contribution in [-0.2, 0) is 11.2 Å². The molecule has 0 atom stereocenters. The Morgan fingerprint density at radius 1 is 1.28 bits per heavy atom. The molecular weight excluding hydrogens is 230 g/mol. The van der Waals surface area contributed by atoms with Crippen LogP contribution in [-0.4, -0.2) is 30.7 Å². The second kappa shape index (κ2) is 6.40. The molecule has 1 aliphatic carbocycles. The Labute approximate surface area is 107 Å². The highest BCUT2D eigenvalue weighted by Gasteiger charge is 2.19. The number of hydrogen-bond donors (Lipinski definition) is 1. The molecule has 0 aliphatic heterocycles.